The van der Waals surface area contributed by atoms with Crippen molar-refractivity contribution in [2.75, 3.05) is 5.73 Å². The average molecular weight is 336 g/mol. The molecule has 0 bridgehead atoms. The molecule has 0 radical (unpaired) electrons. The number of H-pyrrole nitrogens is 1. The van der Waals surface area contributed by atoms with Crippen molar-refractivity contribution in [2.24, 2.45) is 0 Å². The number of hydrogen-bond donors (Lipinski definition) is 2. The molecule has 4 nitrogen and oxygen atoms in total. The highest BCUT2D eigenvalue weighted by Gasteiger charge is 2.23. The lowest BCUT2D eigenvalue weighted by Gasteiger charge is -2.07. The molecule has 1 aliphatic rings. The number of aromatic nitrogens is 2. The lowest BCUT2D eigenvalue weighted by atomic mass is 10.0. The van der Waals surface area contributed by atoms with Gasteiger partial charge in [-0.1, -0.05) is 40.9 Å². The summed E-state index contributed by atoms with van der Waals surface area (Å²) >= 11 is 3.41. The van der Waals surface area contributed by atoms with E-state index in [1.807, 2.05) is 24.3 Å². The normalized spacial score (nSPS) is 15.8. The SMILES string of the molecule is Nc1c(C2CCCC2)[nH]n(Cc2ccc(Br)cc2)c1=O. The summed E-state index contributed by atoms with van der Waals surface area (Å²) in [4.78, 5) is 12.2. The van der Waals surface area contributed by atoms with Gasteiger partial charge in [0.05, 0.1) is 12.2 Å². The highest BCUT2D eigenvalue weighted by molar-refractivity contribution is 9.10. The first-order valence-electron chi connectivity index (χ1n) is 6.98. The number of hydrogen-bond acceptors (Lipinski definition) is 2. The van der Waals surface area contributed by atoms with E-state index in [9.17, 15) is 4.79 Å². The lowest BCUT2D eigenvalue weighted by Crippen LogP contribution is -2.19. The van der Waals surface area contributed by atoms with Crippen LogP contribution in [0.3, 0.4) is 0 Å². The van der Waals surface area contributed by atoms with E-state index in [1.54, 1.807) is 4.68 Å². The molecule has 0 unspecified atom stereocenters. The molecule has 1 saturated carbocycles. The van der Waals surface area contributed by atoms with Crippen molar-refractivity contribution >= 4 is 21.6 Å². The van der Waals surface area contributed by atoms with E-state index in [2.05, 4.69) is 21.0 Å². The number of halogens is 1. The van der Waals surface area contributed by atoms with E-state index in [0.717, 1.165) is 28.6 Å². The van der Waals surface area contributed by atoms with E-state index in [1.165, 1.54) is 12.8 Å². The van der Waals surface area contributed by atoms with Gasteiger partial charge in [-0.2, -0.15) is 0 Å². The Balaban J connectivity index is 1.88. The summed E-state index contributed by atoms with van der Waals surface area (Å²) in [5, 5.41) is 3.22. The van der Waals surface area contributed by atoms with Gasteiger partial charge in [0, 0.05) is 10.4 Å². The molecule has 0 saturated heterocycles. The van der Waals surface area contributed by atoms with Crippen LogP contribution in [-0.2, 0) is 6.54 Å². The maximum Gasteiger partial charge on any atom is 0.290 e. The second kappa shape index (κ2) is 5.48. The van der Waals surface area contributed by atoms with Crippen LogP contribution in [0.2, 0.25) is 0 Å². The Bertz CT molecular complexity index is 651. The van der Waals surface area contributed by atoms with E-state index >= 15 is 0 Å². The van der Waals surface area contributed by atoms with Gasteiger partial charge in [-0.15, -0.1) is 0 Å². The number of nitrogens with two attached hydrogens (primary N) is 1. The number of rotatable bonds is 3. The van der Waals surface area contributed by atoms with Gasteiger partial charge in [-0.05, 0) is 30.5 Å². The van der Waals surface area contributed by atoms with E-state index < -0.39 is 0 Å². The standard InChI is InChI=1S/C15H18BrN3O/c16-12-7-5-10(6-8-12)9-19-15(20)13(17)14(18-19)11-3-1-2-4-11/h5-8,11,18H,1-4,9,17H2. The summed E-state index contributed by atoms with van der Waals surface area (Å²) in [6.45, 7) is 0.531. The summed E-state index contributed by atoms with van der Waals surface area (Å²) < 4.78 is 2.65. The summed E-state index contributed by atoms with van der Waals surface area (Å²) in [6.07, 6.45) is 4.71. The molecule has 1 aromatic carbocycles. The maximum absolute atomic E-state index is 12.2. The minimum atomic E-state index is -0.102. The van der Waals surface area contributed by atoms with Crippen molar-refractivity contribution in [3.05, 3.63) is 50.3 Å². The van der Waals surface area contributed by atoms with Gasteiger partial charge in [0.2, 0.25) is 0 Å². The minimum Gasteiger partial charge on any atom is -0.393 e. The summed E-state index contributed by atoms with van der Waals surface area (Å²) in [5.41, 5.74) is 8.30. The second-order valence-corrected chi connectivity index (χ2v) is 6.35. The van der Waals surface area contributed by atoms with Gasteiger partial charge in [-0.25, -0.2) is 4.68 Å². The highest BCUT2D eigenvalue weighted by atomic mass is 79.9. The Hall–Kier alpha value is -1.49. The molecule has 1 fully saturated rings. The third kappa shape index (κ3) is 2.54. The molecule has 5 heteroatoms. The number of nitrogens with one attached hydrogen (secondary N) is 1. The zero-order valence-electron chi connectivity index (χ0n) is 11.2. The van der Waals surface area contributed by atoms with Gasteiger partial charge in [0.15, 0.2) is 0 Å². The largest absolute Gasteiger partial charge is 0.393 e. The molecule has 0 atom stereocenters. The van der Waals surface area contributed by atoms with Crippen LogP contribution in [0.15, 0.2) is 33.5 Å². The zero-order valence-corrected chi connectivity index (χ0v) is 12.8. The quantitative estimate of drug-likeness (QED) is 0.904. The number of nitrogen functional groups attached to an aromatic ring is 1. The molecule has 3 rings (SSSR count). The Labute approximate surface area is 126 Å². The van der Waals surface area contributed by atoms with E-state index in [0.29, 0.717) is 18.2 Å². The fourth-order valence-corrected chi connectivity index (χ4v) is 3.19. The Morgan fingerprint density at radius 3 is 2.55 bits per heavy atom. The zero-order chi connectivity index (χ0) is 14.1. The van der Waals surface area contributed by atoms with Gasteiger partial charge < -0.3 is 5.73 Å². The van der Waals surface area contributed by atoms with Crippen molar-refractivity contribution in [2.45, 2.75) is 38.1 Å². The predicted molar refractivity (Wildman–Crippen MR) is 83.9 cm³/mol. The topological polar surface area (TPSA) is 63.8 Å². The number of nitrogens with zero attached hydrogens (tertiary/aromatic N) is 1. The minimum absolute atomic E-state index is 0.102. The molecule has 2 aromatic rings. The maximum atomic E-state index is 12.2. The molecule has 0 amide bonds. The van der Waals surface area contributed by atoms with Crippen molar-refractivity contribution in [1.82, 2.24) is 9.78 Å². The Kier molecular flexibility index (Phi) is 3.70. The molecule has 1 heterocycles. The monoisotopic (exact) mass is 335 g/mol. The molecular weight excluding hydrogens is 318 g/mol. The van der Waals surface area contributed by atoms with Crippen molar-refractivity contribution in [1.29, 1.82) is 0 Å². The van der Waals surface area contributed by atoms with E-state index in [4.69, 9.17) is 5.73 Å². The van der Waals surface area contributed by atoms with Crippen LogP contribution in [0.5, 0.6) is 0 Å². The van der Waals surface area contributed by atoms with Crippen LogP contribution in [-0.4, -0.2) is 9.78 Å². The fourth-order valence-electron chi connectivity index (χ4n) is 2.93. The molecule has 20 heavy (non-hydrogen) atoms. The number of benzene rings is 1. The molecule has 0 aliphatic heterocycles. The number of aromatic amines is 1. The van der Waals surface area contributed by atoms with Crippen LogP contribution in [0.25, 0.3) is 0 Å². The van der Waals surface area contributed by atoms with Crippen molar-refractivity contribution in [3.8, 4) is 0 Å². The molecule has 0 spiro atoms. The van der Waals surface area contributed by atoms with Gasteiger partial charge in [0.25, 0.3) is 5.56 Å². The van der Waals surface area contributed by atoms with Crippen LogP contribution < -0.4 is 11.3 Å². The molecule has 1 aliphatic carbocycles. The van der Waals surface area contributed by atoms with E-state index in [-0.39, 0.29) is 5.56 Å². The van der Waals surface area contributed by atoms with Crippen LogP contribution in [0.1, 0.15) is 42.9 Å². The molecule has 106 valence electrons. The Morgan fingerprint density at radius 2 is 1.90 bits per heavy atom. The third-order valence-electron chi connectivity index (χ3n) is 4.04. The highest BCUT2D eigenvalue weighted by Crippen LogP contribution is 2.34. The smallest absolute Gasteiger partial charge is 0.290 e. The third-order valence-corrected chi connectivity index (χ3v) is 4.57. The second-order valence-electron chi connectivity index (χ2n) is 5.44. The summed E-state index contributed by atoms with van der Waals surface area (Å²) in [5.74, 6) is 0.425. The first-order chi connectivity index (χ1) is 9.65. The van der Waals surface area contributed by atoms with Crippen molar-refractivity contribution in [3.63, 3.8) is 0 Å². The van der Waals surface area contributed by atoms with Gasteiger partial charge >= 0.3 is 0 Å². The van der Waals surface area contributed by atoms with Crippen LogP contribution in [0.4, 0.5) is 5.69 Å². The van der Waals surface area contributed by atoms with Crippen LogP contribution >= 0.6 is 15.9 Å². The molecule has 1 aromatic heterocycles. The average Bonchev–Trinajstić information content (AvgIpc) is 3.05. The molecule has 3 N–H and O–H groups in total. The number of anilines is 1. The van der Waals surface area contributed by atoms with Gasteiger partial charge in [-0.3, -0.25) is 9.89 Å². The predicted octanol–water partition coefficient (Wildman–Crippen LogP) is 3.23. The first-order valence-corrected chi connectivity index (χ1v) is 7.77. The van der Waals surface area contributed by atoms with Gasteiger partial charge in [0.1, 0.15) is 5.69 Å². The Morgan fingerprint density at radius 1 is 1.25 bits per heavy atom. The van der Waals surface area contributed by atoms with Crippen molar-refractivity contribution < 1.29 is 0 Å². The fraction of sp³-hybridized carbons (Fsp3) is 0.400. The summed E-state index contributed by atoms with van der Waals surface area (Å²) in [6, 6.07) is 7.96. The van der Waals surface area contributed by atoms with Crippen LogP contribution in [0, 0.1) is 0 Å². The lowest BCUT2D eigenvalue weighted by molar-refractivity contribution is 0.618. The molecular formula is C15H18BrN3O. The first kappa shape index (κ1) is 13.5. The summed E-state index contributed by atoms with van der Waals surface area (Å²) in [7, 11) is 0.